The van der Waals surface area contributed by atoms with Crippen LogP contribution >= 0.6 is 0 Å². The van der Waals surface area contributed by atoms with Crippen LogP contribution in [0.4, 0.5) is 0 Å². The first kappa shape index (κ1) is 21.7. The van der Waals surface area contributed by atoms with Gasteiger partial charge in [-0.15, -0.1) is 0 Å². The molecular weight excluding hydrogens is 450 g/mol. The molecule has 2 atom stereocenters. The Morgan fingerprint density at radius 3 is 1.27 bits per heavy atom. The van der Waals surface area contributed by atoms with Gasteiger partial charge in [-0.1, -0.05) is 0 Å². The van der Waals surface area contributed by atoms with Crippen LogP contribution in [0.5, 0.6) is 0 Å². The van der Waals surface area contributed by atoms with E-state index in [0.29, 0.717) is 50.2 Å². The van der Waals surface area contributed by atoms with Crippen LogP contribution in [0.1, 0.15) is 50.9 Å². The van der Waals surface area contributed by atoms with Crippen molar-refractivity contribution in [2.75, 3.05) is 14.1 Å². The molecule has 0 bridgehead atoms. The second kappa shape index (κ2) is 10.7. The van der Waals surface area contributed by atoms with E-state index in [1.807, 2.05) is 0 Å². The minimum atomic E-state index is 0.430. The first-order valence-corrected chi connectivity index (χ1v) is 15.4. The van der Waals surface area contributed by atoms with Gasteiger partial charge in [0.1, 0.15) is 0 Å². The first-order chi connectivity index (χ1) is 12.5. The van der Waals surface area contributed by atoms with Gasteiger partial charge in [-0.2, -0.15) is 0 Å². The molecule has 2 aromatic rings. The summed E-state index contributed by atoms with van der Waals surface area (Å²) in [6.07, 6.45) is 0. The molecule has 0 spiro atoms. The van der Waals surface area contributed by atoms with Crippen molar-refractivity contribution >= 4 is 35.2 Å². The molecule has 142 valence electrons. The molecule has 26 heavy (non-hydrogen) atoms. The Morgan fingerprint density at radius 1 is 0.615 bits per heavy atom. The zero-order valence-electron chi connectivity index (χ0n) is 16.7. The van der Waals surface area contributed by atoms with Crippen LogP contribution in [0, 0.1) is 11.8 Å². The Labute approximate surface area is 170 Å². The summed E-state index contributed by atoms with van der Waals surface area (Å²) >= 11 is 0.970. The number of nitrogens with one attached hydrogen (secondary N) is 2. The standard InChI is InChI=1S/C22H32N2Se2/c1-15(2)21(23-5)17-11-7-9-13-19(17)25-26-20-14-10-8-12-18(20)22(24-6)16(3)4/h7-16,21-24H,1-6H3. The summed E-state index contributed by atoms with van der Waals surface area (Å²) in [6.45, 7) is 9.19. The van der Waals surface area contributed by atoms with E-state index < -0.39 is 0 Å². The molecule has 0 saturated heterocycles. The molecule has 0 aliphatic rings. The van der Waals surface area contributed by atoms with E-state index in [-0.39, 0.29) is 0 Å². The molecule has 0 heterocycles. The topological polar surface area (TPSA) is 24.1 Å². The molecule has 0 radical (unpaired) electrons. The Morgan fingerprint density at radius 2 is 0.962 bits per heavy atom. The average molecular weight is 482 g/mol. The number of benzene rings is 2. The van der Waals surface area contributed by atoms with Gasteiger partial charge in [-0.3, -0.25) is 0 Å². The molecule has 0 saturated carbocycles. The molecule has 2 rings (SSSR count). The van der Waals surface area contributed by atoms with E-state index in [2.05, 4.69) is 101 Å². The Hall–Kier alpha value is -0.601. The monoisotopic (exact) mass is 484 g/mol. The van der Waals surface area contributed by atoms with Crippen molar-refractivity contribution in [2.45, 2.75) is 39.8 Å². The van der Waals surface area contributed by atoms with Gasteiger partial charge < -0.3 is 0 Å². The minimum absolute atomic E-state index is 0.430. The quantitative estimate of drug-likeness (QED) is 0.538. The number of hydrogen-bond acceptors (Lipinski definition) is 2. The van der Waals surface area contributed by atoms with Crippen LogP contribution in [0.2, 0.25) is 0 Å². The van der Waals surface area contributed by atoms with Crippen molar-refractivity contribution in [1.82, 2.24) is 10.6 Å². The van der Waals surface area contributed by atoms with E-state index in [1.54, 1.807) is 8.92 Å². The fourth-order valence-electron chi connectivity index (χ4n) is 3.41. The molecule has 0 aromatic heterocycles. The Bertz CT molecular complexity index is 626. The van der Waals surface area contributed by atoms with Crippen molar-refractivity contribution < 1.29 is 0 Å². The van der Waals surface area contributed by atoms with Crippen LogP contribution in [0.15, 0.2) is 48.5 Å². The third kappa shape index (κ3) is 5.45. The SMILES string of the molecule is CNC(c1ccccc1[Se][Se]c1ccccc1C(NC)C(C)C)C(C)C. The molecule has 0 amide bonds. The number of rotatable bonds is 9. The van der Waals surface area contributed by atoms with E-state index in [4.69, 9.17) is 0 Å². The van der Waals surface area contributed by atoms with E-state index >= 15 is 0 Å². The fourth-order valence-corrected chi connectivity index (χ4v) is 10.8. The van der Waals surface area contributed by atoms with Gasteiger partial charge in [-0.25, -0.2) is 0 Å². The first-order valence-electron chi connectivity index (χ1n) is 9.36. The summed E-state index contributed by atoms with van der Waals surface area (Å²) in [6, 6.07) is 18.9. The molecule has 0 aliphatic heterocycles. The van der Waals surface area contributed by atoms with Gasteiger partial charge in [0.25, 0.3) is 0 Å². The predicted molar refractivity (Wildman–Crippen MR) is 117 cm³/mol. The maximum atomic E-state index is 3.52. The average Bonchev–Trinajstić information content (AvgIpc) is 2.62. The fraction of sp³-hybridized carbons (Fsp3) is 0.455. The van der Waals surface area contributed by atoms with Crippen LogP contribution in [0.3, 0.4) is 0 Å². The second-order valence-electron chi connectivity index (χ2n) is 7.26. The molecule has 0 fully saturated rings. The molecule has 2 N–H and O–H groups in total. The van der Waals surface area contributed by atoms with Gasteiger partial charge in [0.05, 0.1) is 0 Å². The molecule has 4 heteroatoms. The summed E-state index contributed by atoms with van der Waals surface area (Å²) in [7, 11) is 4.16. The van der Waals surface area contributed by atoms with Crippen LogP contribution in [0.25, 0.3) is 0 Å². The summed E-state index contributed by atoms with van der Waals surface area (Å²) in [5.74, 6) is 1.18. The summed E-state index contributed by atoms with van der Waals surface area (Å²) in [4.78, 5) is 0. The third-order valence-electron chi connectivity index (χ3n) is 4.68. The van der Waals surface area contributed by atoms with Crippen molar-refractivity contribution in [3.05, 3.63) is 59.7 Å². The van der Waals surface area contributed by atoms with Crippen molar-refractivity contribution in [3.8, 4) is 0 Å². The molecule has 2 aromatic carbocycles. The van der Waals surface area contributed by atoms with Crippen LogP contribution in [-0.4, -0.2) is 40.4 Å². The Balaban J connectivity index is 2.26. The zero-order valence-corrected chi connectivity index (χ0v) is 20.2. The van der Waals surface area contributed by atoms with Gasteiger partial charge in [0.2, 0.25) is 0 Å². The van der Waals surface area contributed by atoms with Gasteiger partial charge >= 0.3 is 171 Å². The van der Waals surface area contributed by atoms with Crippen LogP contribution < -0.4 is 19.6 Å². The molecular formula is C22H32N2Se2. The van der Waals surface area contributed by atoms with E-state index in [9.17, 15) is 0 Å². The van der Waals surface area contributed by atoms with Gasteiger partial charge in [0.15, 0.2) is 0 Å². The number of hydrogen-bond donors (Lipinski definition) is 2. The summed E-state index contributed by atoms with van der Waals surface area (Å²) < 4.78 is 3.10. The molecule has 2 nitrogen and oxygen atoms in total. The van der Waals surface area contributed by atoms with E-state index in [0.717, 1.165) is 0 Å². The molecule has 2 unspecified atom stereocenters. The third-order valence-corrected chi connectivity index (χ3v) is 12.0. The predicted octanol–water partition coefficient (Wildman–Crippen LogP) is 2.79. The zero-order chi connectivity index (χ0) is 19.1. The normalized spacial score (nSPS) is 14.0. The van der Waals surface area contributed by atoms with Gasteiger partial charge in [0, 0.05) is 0 Å². The van der Waals surface area contributed by atoms with Gasteiger partial charge in [-0.05, 0) is 0 Å². The van der Waals surface area contributed by atoms with Crippen molar-refractivity contribution in [2.24, 2.45) is 11.8 Å². The van der Waals surface area contributed by atoms with Crippen molar-refractivity contribution in [1.29, 1.82) is 0 Å². The van der Waals surface area contributed by atoms with E-state index in [1.165, 1.54) is 11.1 Å². The van der Waals surface area contributed by atoms with Crippen LogP contribution in [-0.2, 0) is 0 Å². The Kier molecular flexibility index (Phi) is 8.90. The maximum absolute atomic E-state index is 3.52. The summed E-state index contributed by atoms with van der Waals surface area (Å²) in [5.41, 5.74) is 2.97. The molecule has 0 aliphatic carbocycles. The second-order valence-corrected chi connectivity index (χ2v) is 13.4. The van der Waals surface area contributed by atoms with Crippen molar-refractivity contribution in [3.63, 3.8) is 0 Å². The summed E-state index contributed by atoms with van der Waals surface area (Å²) in [5, 5.41) is 7.03.